The molecule has 1 aromatic heterocycles. The highest BCUT2D eigenvalue weighted by molar-refractivity contribution is 14.1. The van der Waals surface area contributed by atoms with E-state index >= 15 is 0 Å². The zero-order chi connectivity index (χ0) is 24.4. The molecule has 0 N–H and O–H groups in total. The number of carbonyl (C=O) groups excluding carboxylic acids is 4. The predicted molar refractivity (Wildman–Crippen MR) is 129 cm³/mol. The molecule has 2 aromatic rings. The second-order valence-electron chi connectivity index (χ2n) is 6.79. The molecule has 0 saturated heterocycles. The largest absolute Gasteiger partial charge is 0.466 e. The first-order chi connectivity index (χ1) is 15.7. The highest BCUT2D eigenvalue weighted by atomic mass is 127. The Hall–Kier alpha value is -2.93. The molecule has 0 amide bonds. The van der Waals surface area contributed by atoms with E-state index < -0.39 is 29.9 Å². The second kappa shape index (κ2) is 9.91. The van der Waals surface area contributed by atoms with E-state index in [1.54, 1.807) is 40.6 Å². The van der Waals surface area contributed by atoms with Gasteiger partial charge in [-0.1, -0.05) is 6.07 Å². The third-order valence-corrected chi connectivity index (χ3v) is 7.22. The fraction of sp³-hybridized carbons (Fsp3) is 0.273. The number of nitrogens with zero attached hydrogens (tertiary/aromatic N) is 1. The lowest BCUT2D eigenvalue weighted by Gasteiger charge is -2.38. The number of hydrogen-bond acceptors (Lipinski definition) is 10. The van der Waals surface area contributed by atoms with E-state index in [1.807, 2.05) is 11.4 Å². The molecule has 3 rings (SSSR count). The van der Waals surface area contributed by atoms with Gasteiger partial charge in [0.25, 0.3) is 0 Å². The van der Waals surface area contributed by atoms with Crippen molar-refractivity contribution in [1.82, 2.24) is 0 Å². The molecular weight excluding hydrogens is 565 g/mol. The Morgan fingerprint density at radius 1 is 0.879 bits per heavy atom. The molecule has 1 unspecified atom stereocenters. The van der Waals surface area contributed by atoms with E-state index in [-0.39, 0.29) is 20.3 Å². The van der Waals surface area contributed by atoms with E-state index in [9.17, 15) is 19.2 Å². The molecule has 0 bridgehead atoms. The molecule has 1 aromatic carbocycles. The maximum Gasteiger partial charge on any atom is 0.344 e. The maximum absolute atomic E-state index is 12.9. The highest BCUT2D eigenvalue weighted by Crippen LogP contribution is 2.52. The predicted octanol–water partition coefficient (Wildman–Crippen LogP) is 3.51. The van der Waals surface area contributed by atoms with E-state index in [0.29, 0.717) is 11.3 Å². The fourth-order valence-corrected chi connectivity index (χ4v) is 5.58. The summed E-state index contributed by atoms with van der Waals surface area (Å²) in [5.74, 6) is -2.90. The Kier molecular flexibility index (Phi) is 7.42. The first-order valence-electron chi connectivity index (χ1n) is 9.43. The number of fused-ring (bicyclic) bond motifs is 3. The van der Waals surface area contributed by atoms with E-state index in [0.717, 1.165) is 10.4 Å². The van der Waals surface area contributed by atoms with Gasteiger partial charge in [-0.05, 0) is 40.1 Å². The van der Waals surface area contributed by atoms with Crippen LogP contribution >= 0.6 is 33.9 Å². The number of likely N-dealkylation sites (N-methyl/N-ethyl adjacent to an activating group) is 1. The maximum atomic E-state index is 12.9. The standard InChI is InChI=1S/C22H20INO8S/c1-24-16-10(6-7-12(19(25)29-2)13(16)20(26)30-3)11-8-9-33-18(11)17(24)14(21(27)31-4)15(23)22(28)32-5/h6-9,17H,1-5H3/b15-14-. The number of thiophene rings is 1. The number of benzene rings is 1. The Morgan fingerprint density at radius 2 is 1.52 bits per heavy atom. The van der Waals surface area contributed by atoms with Gasteiger partial charge in [0.1, 0.15) is 3.58 Å². The summed E-state index contributed by atoms with van der Waals surface area (Å²) < 4.78 is 19.7. The summed E-state index contributed by atoms with van der Waals surface area (Å²) in [5, 5.41) is 1.84. The molecule has 0 saturated carbocycles. The summed E-state index contributed by atoms with van der Waals surface area (Å²) in [4.78, 5) is 53.0. The lowest BCUT2D eigenvalue weighted by molar-refractivity contribution is -0.138. The van der Waals surface area contributed by atoms with Crippen LogP contribution in [0, 0.1) is 0 Å². The summed E-state index contributed by atoms with van der Waals surface area (Å²) in [6.07, 6.45) is 0. The first-order valence-corrected chi connectivity index (χ1v) is 11.4. The molecule has 0 aliphatic carbocycles. The monoisotopic (exact) mass is 585 g/mol. The number of esters is 4. The average molecular weight is 585 g/mol. The van der Waals surface area contributed by atoms with E-state index in [2.05, 4.69) is 0 Å². The molecule has 1 aliphatic heterocycles. The Bertz CT molecular complexity index is 1190. The van der Waals surface area contributed by atoms with Gasteiger partial charge < -0.3 is 23.8 Å². The van der Waals surface area contributed by atoms with Crippen LogP contribution in [0.2, 0.25) is 0 Å². The zero-order valence-electron chi connectivity index (χ0n) is 18.4. The highest BCUT2D eigenvalue weighted by Gasteiger charge is 2.41. The number of methoxy groups -OCH3 is 4. The van der Waals surface area contributed by atoms with Gasteiger partial charge in [-0.15, -0.1) is 11.3 Å². The van der Waals surface area contributed by atoms with Crippen LogP contribution in [0.1, 0.15) is 31.6 Å². The molecule has 0 spiro atoms. The molecule has 174 valence electrons. The van der Waals surface area contributed by atoms with Crippen LogP contribution in [0.15, 0.2) is 32.7 Å². The molecule has 11 heteroatoms. The topological polar surface area (TPSA) is 108 Å². The normalized spacial score (nSPS) is 15.0. The van der Waals surface area contributed by atoms with Crippen molar-refractivity contribution in [3.63, 3.8) is 0 Å². The number of rotatable bonds is 5. The molecule has 2 heterocycles. The van der Waals surface area contributed by atoms with Crippen LogP contribution in [-0.4, -0.2) is 59.4 Å². The van der Waals surface area contributed by atoms with Gasteiger partial charge in [-0.2, -0.15) is 0 Å². The molecule has 1 aliphatic rings. The molecular formula is C22H20INO8S. The third kappa shape index (κ3) is 4.10. The SMILES string of the molecule is COC(=O)/C(I)=C(/C(=O)OC)C1c2sccc2-c2ccc(C(=O)OC)c(C(=O)OC)c2N1C. The Balaban J connectivity index is 2.41. The van der Waals surface area contributed by atoms with Gasteiger partial charge in [0, 0.05) is 23.1 Å². The lowest BCUT2D eigenvalue weighted by atomic mass is 9.87. The van der Waals surface area contributed by atoms with Crippen molar-refractivity contribution in [1.29, 1.82) is 0 Å². The van der Waals surface area contributed by atoms with E-state index in [1.165, 1.54) is 45.8 Å². The van der Waals surface area contributed by atoms with Gasteiger partial charge in [-0.3, -0.25) is 0 Å². The minimum absolute atomic E-state index is 0.0107. The van der Waals surface area contributed by atoms with Gasteiger partial charge in [0.15, 0.2) is 0 Å². The van der Waals surface area contributed by atoms with Crippen LogP contribution in [-0.2, 0) is 28.5 Å². The fourth-order valence-electron chi connectivity index (χ4n) is 3.78. The molecule has 0 radical (unpaired) electrons. The van der Waals surface area contributed by atoms with Crippen molar-refractivity contribution in [2.75, 3.05) is 40.4 Å². The number of carbonyl (C=O) groups is 4. The van der Waals surface area contributed by atoms with Crippen LogP contribution < -0.4 is 4.90 Å². The molecule has 33 heavy (non-hydrogen) atoms. The number of halogens is 1. The number of ether oxygens (including phenoxy) is 4. The second-order valence-corrected chi connectivity index (χ2v) is 8.82. The minimum Gasteiger partial charge on any atom is -0.466 e. The van der Waals surface area contributed by atoms with Crippen LogP contribution in [0.4, 0.5) is 5.69 Å². The van der Waals surface area contributed by atoms with Crippen molar-refractivity contribution in [3.8, 4) is 11.1 Å². The molecule has 9 nitrogen and oxygen atoms in total. The van der Waals surface area contributed by atoms with Crippen molar-refractivity contribution in [2.24, 2.45) is 0 Å². The van der Waals surface area contributed by atoms with Gasteiger partial charge in [-0.25, -0.2) is 19.2 Å². The summed E-state index contributed by atoms with van der Waals surface area (Å²) in [6.45, 7) is 0. The summed E-state index contributed by atoms with van der Waals surface area (Å²) in [6, 6.07) is 4.25. The van der Waals surface area contributed by atoms with Crippen molar-refractivity contribution in [3.05, 3.63) is 48.7 Å². The molecule has 1 atom stereocenters. The zero-order valence-corrected chi connectivity index (χ0v) is 21.4. The number of anilines is 1. The minimum atomic E-state index is -0.803. The summed E-state index contributed by atoms with van der Waals surface area (Å²) in [5.41, 5.74) is 1.81. The van der Waals surface area contributed by atoms with Crippen LogP contribution in [0.5, 0.6) is 0 Å². The van der Waals surface area contributed by atoms with Crippen molar-refractivity contribution < 1.29 is 38.1 Å². The Morgan fingerprint density at radius 3 is 2.09 bits per heavy atom. The third-order valence-electron chi connectivity index (χ3n) is 5.23. The summed E-state index contributed by atoms with van der Waals surface area (Å²) >= 11 is 3.13. The average Bonchev–Trinajstić information content (AvgIpc) is 3.33. The molecule has 0 fully saturated rings. The van der Waals surface area contributed by atoms with Crippen molar-refractivity contribution >= 4 is 63.5 Å². The smallest absolute Gasteiger partial charge is 0.344 e. The van der Waals surface area contributed by atoms with Gasteiger partial charge >= 0.3 is 23.9 Å². The number of hydrogen-bond donors (Lipinski definition) is 0. The Labute approximate surface area is 207 Å². The van der Waals surface area contributed by atoms with Crippen molar-refractivity contribution in [2.45, 2.75) is 6.04 Å². The lowest BCUT2D eigenvalue weighted by Crippen LogP contribution is -2.34. The van der Waals surface area contributed by atoms with Gasteiger partial charge in [0.2, 0.25) is 0 Å². The van der Waals surface area contributed by atoms with E-state index in [4.69, 9.17) is 18.9 Å². The summed E-state index contributed by atoms with van der Waals surface area (Å²) in [7, 11) is 6.50. The quantitative estimate of drug-likeness (QED) is 0.226. The first kappa shape index (κ1) is 24.7. The van der Waals surface area contributed by atoms with Crippen LogP contribution in [0.25, 0.3) is 11.1 Å². The van der Waals surface area contributed by atoms with Gasteiger partial charge in [0.05, 0.1) is 56.9 Å². The van der Waals surface area contributed by atoms with Crippen LogP contribution in [0.3, 0.4) is 0 Å².